The minimum absolute atomic E-state index is 0.0309. The SMILES string of the molecule is CCc1ccccc1[C@@]1(C(C)C)CC(O)=C(Sc2cc3[nH]c(=O)[nH]c3cc2C(C)(C)C)C(=O)O1. The molecule has 34 heavy (non-hydrogen) atoms. The Labute approximate surface area is 203 Å². The number of carbonyl (C=O) groups is 1. The van der Waals surface area contributed by atoms with Crippen LogP contribution in [0.2, 0.25) is 0 Å². The van der Waals surface area contributed by atoms with Crippen molar-refractivity contribution < 1.29 is 14.6 Å². The third-order valence-electron chi connectivity index (χ3n) is 6.58. The highest BCUT2D eigenvalue weighted by molar-refractivity contribution is 8.04. The monoisotopic (exact) mass is 480 g/mol. The molecule has 0 unspecified atom stereocenters. The fourth-order valence-corrected chi connectivity index (χ4v) is 5.85. The molecule has 3 aromatic rings. The molecule has 4 rings (SSSR count). The minimum atomic E-state index is -0.930. The number of aliphatic hydroxyl groups is 1. The summed E-state index contributed by atoms with van der Waals surface area (Å²) < 4.78 is 6.19. The van der Waals surface area contributed by atoms with E-state index in [0.29, 0.717) is 11.0 Å². The zero-order valence-corrected chi connectivity index (χ0v) is 21.4. The Kier molecular flexibility index (Phi) is 6.19. The second kappa shape index (κ2) is 8.69. The summed E-state index contributed by atoms with van der Waals surface area (Å²) in [6.07, 6.45) is 1.02. The van der Waals surface area contributed by atoms with Gasteiger partial charge >= 0.3 is 11.7 Å². The highest BCUT2D eigenvalue weighted by atomic mass is 32.2. The van der Waals surface area contributed by atoms with Crippen molar-refractivity contribution in [3.63, 3.8) is 0 Å². The smallest absolute Gasteiger partial charge is 0.349 e. The van der Waals surface area contributed by atoms with Crippen molar-refractivity contribution in [2.45, 2.75) is 70.3 Å². The number of hydrogen-bond donors (Lipinski definition) is 3. The maximum absolute atomic E-state index is 13.4. The molecule has 0 spiro atoms. The minimum Gasteiger partial charge on any atom is -0.511 e. The number of aromatic nitrogens is 2. The molecule has 0 saturated heterocycles. The van der Waals surface area contributed by atoms with Crippen LogP contribution in [0.1, 0.15) is 64.7 Å². The van der Waals surface area contributed by atoms with Crippen molar-refractivity contribution in [2.75, 3.05) is 0 Å². The Balaban J connectivity index is 1.80. The Morgan fingerprint density at radius 3 is 2.35 bits per heavy atom. The van der Waals surface area contributed by atoms with Crippen LogP contribution in [0.25, 0.3) is 11.0 Å². The van der Waals surface area contributed by atoms with E-state index in [1.54, 1.807) is 0 Å². The molecule has 0 saturated carbocycles. The number of nitrogens with one attached hydrogen (secondary N) is 2. The molecule has 7 heteroatoms. The van der Waals surface area contributed by atoms with Crippen LogP contribution in [-0.2, 0) is 27.0 Å². The number of H-pyrrole nitrogens is 2. The average Bonchev–Trinajstić information content (AvgIpc) is 3.13. The standard InChI is InChI=1S/C27H32N2O4S/c1-7-16-10-8-9-11-17(16)27(15(2)3)14-21(30)23(24(31)33-27)34-22-13-20-19(28-25(32)29-20)12-18(22)26(4,5)6/h8-13,15,30H,7,14H2,1-6H3,(H2,28,29,32)/t27-/m0/s1. The first-order valence-corrected chi connectivity index (χ1v) is 12.5. The molecule has 3 N–H and O–H groups in total. The van der Waals surface area contributed by atoms with Gasteiger partial charge in [-0.25, -0.2) is 9.59 Å². The van der Waals surface area contributed by atoms with E-state index in [4.69, 9.17) is 4.74 Å². The molecule has 1 aliphatic rings. The second-order valence-electron chi connectivity index (χ2n) is 10.2. The maximum atomic E-state index is 13.4. The lowest BCUT2D eigenvalue weighted by Crippen LogP contribution is -2.42. The number of aryl methyl sites for hydroxylation is 1. The predicted molar refractivity (Wildman–Crippen MR) is 136 cm³/mol. The number of hydrogen-bond acceptors (Lipinski definition) is 5. The summed E-state index contributed by atoms with van der Waals surface area (Å²) in [6.45, 7) is 12.3. The van der Waals surface area contributed by atoms with E-state index in [-0.39, 0.29) is 34.1 Å². The summed E-state index contributed by atoms with van der Waals surface area (Å²) in [5.41, 5.74) is 2.90. The highest BCUT2D eigenvalue weighted by Gasteiger charge is 2.47. The molecule has 2 heterocycles. The van der Waals surface area contributed by atoms with Gasteiger partial charge in [-0.15, -0.1) is 0 Å². The van der Waals surface area contributed by atoms with Crippen molar-refractivity contribution in [1.29, 1.82) is 0 Å². The summed E-state index contributed by atoms with van der Waals surface area (Å²) in [5, 5.41) is 11.2. The molecule has 0 radical (unpaired) electrons. The van der Waals surface area contributed by atoms with Gasteiger partial charge in [0.2, 0.25) is 0 Å². The van der Waals surface area contributed by atoms with Crippen LogP contribution in [0, 0.1) is 5.92 Å². The molecule has 2 aromatic carbocycles. The number of thioether (sulfide) groups is 1. The van der Waals surface area contributed by atoms with Crippen molar-refractivity contribution in [3.8, 4) is 0 Å². The third-order valence-corrected chi connectivity index (χ3v) is 7.74. The van der Waals surface area contributed by atoms with Gasteiger partial charge in [0, 0.05) is 4.90 Å². The van der Waals surface area contributed by atoms with E-state index in [1.807, 2.05) is 50.2 Å². The number of fused-ring (bicyclic) bond motifs is 1. The molecular formula is C27H32N2O4S. The van der Waals surface area contributed by atoms with E-state index in [0.717, 1.165) is 28.0 Å². The van der Waals surface area contributed by atoms with Gasteiger partial charge in [0.25, 0.3) is 0 Å². The van der Waals surface area contributed by atoms with Crippen LogP contribution in [0.3, 0.4) is 0 Å². The Morgan fingerprint density at radius 2 is 1.76 bits per heavy atom. The summed E-state index contributed by atoms with van der Waals surface area (Å²) in [7, 11) is 0. The van der Waals surface area contributed by atoms with E-state index in [9.17, 15) is 14.7 Å². The highest BCUT2D eigenvalue weighted by Crippen LogP contribution is 2.48. The van der Waals surface area contributed by atoms with Gasteiger partial charge in [0.1, 0.15) is 16.3 Å². The molecule has 1 atom stereocenters. The molecule has 6 nitrogen and oxygen atoms in total. The number of ether oxygens (including phenoxy) is 1. The molecule has 180 valence electrons. The Bertz CT molecular complexity index is 1340. The number of aliphatic hydroxyl groups excluding tert-OH is 1. The van der Waals surface area contributed by atoms with Crippen molar-refractivity contribution >= 4 is 28.8 Å². The molecule has 0 bridgehead atoms. The topological polar surface area (TPSA) is 95.2 Å². The predicted octanol–water partition coefficient (Wildman–Crippen LogP) is 6.08. The quantitative estimate of drug-likeness (QED) is 0.385. The molecule has 1 aromatic heterocycles. The van der Waals surface area contributed by atoms with Gasteiger partial charge in [-0.05, 0) is 46.6 Å². The lowest BCUT2D eigenvalue weighted by Gasteiger charge is -2.41. The van der Waals surface area contributed by atoms with Crippen LogP contribution < -0.4 is 5.69 Å². The zero-order chi connectivity index (χ0) is 24.8. The second-order valence-corrected chi connectivity index (χ2v) is 11.3. The van der Waals surface area contributed by atoms with Crippen LogP contribution in [0.4, 0.5) is 0 Å². The Morgan fingerprint density at radius 1 is 1.12 bits per heavy atom. The summed E-state index contributed by atoms with van der Waals surface area (Å²) >= 11 is 1.20. The van der Waals surface area contributed by atoms with E-state index in [1.165, 1.54) is 11.8 Å². The molecule has 0 fully saturated rings. The fourth-order valence-electron chi connectivity index (χ4n) is 4.66. The number of cyclic esters (lactones) is 1. The van der Waals surface area contributed by atoms with Crippen molar-refractivity contribution in [3.05, 3.63) is 74.2 Å². The van der Waals surface area contributed by atoms with E-state index >= 15 is 0 Å². The van der Waals surface area contributed by atoms with Gasteiger partial charge in [0.15, 0.2) is 0 Å². The number of imidazole rings is 1. The third kappa shape index (κ3) is 4.17. The lowest BCUT2D eigenvalue weighted by atomic mass is 9.76. The molecular weight excluding hydrogens is 448 g/mol. The van der Waals surface area contributed by atoms with E-state index < -0.39 is 11.6 Å². The van der Waals surface area contributed by atoms with Gasteiger partial charge in [-0.3, -0.25) is 0 Å². The molecule has 1 aliphatic heterocycles. The first-order chi connectivity index (χ1) is 16.0. The molecule has 0 amide bonds. The number of rotatable bonds is 5. The van der Waals surface area contributed by atoms with Crippen molar-refractivity contribution in [2.24, 2.45) is 5.92 Å². The number of aromatic amines is 2. The van der Waals surface area contributed by atoms with Crippen LogP contribution in [-0.4, -0.2) is 21.0 Å². The van der Waals surface area contributed by atoms with Gasteiger partial charge in [-0.1, -0.05) is 77.6 Å². The number of benzene rings is 2. The number of esters is 1. The first kappa shape index (κ1) is 24.2. The van der Waals surface area contributed by atoms with Crippen LogP contribution in [0.15, 0.2) is 56.8 Å². The normalized spacial score (nSPS) is 19.2. The summed E-state index contributed by atoms with van der Waals surface area (Å²) in [4.78, 5) is 31.8. The van der Waals surface area contributed by atoms with Crippen molar-refractivity contribution in [1.82, 2.24) is 9.97 Å². The van der Waals surface area contributed by atoms with E-state index in [2.05, 4.69) is 37.7 Å². The summed E-state index contributed by atoms with van der Waals surface area (Å²) in [6, 6.07) is 11.7. The van der Waals surface area contributed by atoms with Gasteiger partial charge in [-0.2, -0.15) is 0 Å². The van der Waals surface area contributed by atoms with Gasteiger partial charge < -0.3 is 19.8 Å². The van der Waals surface area contributed by atoms with Crippen LogP contribution >= 0.6 is 11.8 Å². The van der Waals surface area contributed by atoms with Crippen LogP contribution in [0.5, 0.6) is 0 Å². The maximum Gasteiger partial charge on any atom is 0.349 e. The molecule has 0 aliphatic carbocycles. The number of carbonyl (C=O) groups excluding carboxylic acids is 1. The first-order valence-electron chi connectivity index (χ1n) is 11.6. The van der Waals surface area contributed by atoms with Gasteiger partial charge in [0.05, 0.1) is 17.5 Å². The average molecular weight is 481 g/mol. The summed E-state index contributed by atoms with van der Waals surface area (Å²) in [5.74, 6) is -0.538. The largest absolute Gasteiger partial charge is 0.511 e. The lowest BCUT2D eigenvalue weighted by molar-refractivity contribution is -0.165. The Hall–Kier alpha value is -2.93. The fraction of sp³-hybridized carbons (Fsp3) is 0.407. The zero-order valence-electron chi connectivity index (χ0n) is 20.5.